The lowest BCUT2D eigenvalue weighted by Crippen LogP contribution is -2.28. The smallest absolute Gasteiger partial charge is 0.00640 e. The lowest BCUT2D eigenvalue weighted by Gasteiger charge is -2.20. The second-order valence-corrected chi connectivity index (χ2v) is 5.81. The van der Waals surface area contributed by atoms with Crippen LogP contribution in [-0.2, 0) is 0 Å². The first-order valence-corrected chi connectivity index (χ1v) is 8.19. The zero-order chi connectivity index (χ0) is 14.5. The van der Waals surface area contributed by atoms with Crippen molar-refractivity contribution in [3.05, 3.63) is 0 Å². The second kappa shape index (κ2) is 12.9. The van der Waals surface area contributed by atoms with Crippen LogP contribution in [-0.4, -0.2) is 39.3 Å². The van der Waals surface area contributed by atoms with Crippen LogP contribution in [0.25, 0.3) is 0 Å². The molecule has 19 heavy (non-hydrogen) atoms. The van der Waals surface area contributed by atoms with E-state index in [0.29, 0.717) is 18.1 Å². The summed E-state index contributed by atoms with van der Waals surface area (Å²) in [6.07, 6.45) is 10.5. The molecule has 0 aliphatic carbocycles. The maximum Gasteiger partial charge on any atom is 0.00640 e. The Hall–Kier alpha value is -0.120. The number of hydrogen-bond donors (Lipinski definition) is 3. The molecule has 0 saturated carbocycles. The molecular formula is C16H37N3. The highest BCUT2D eigenvalue weighted by molar-refractivity contribution is 4.70. The van der Waals surface area contributed by atoms with Crippen molar-refractivity contribution in [3.63, 3.8) is 0 Å². The van der Waals surface area contributed by atoms with Crippen molar-refractivity contribution in [2.24, 2.45) is 0 Å². The molecular weight excluding hydrogens is 234 g/mol. The molecule has 0 aromatic heterocycles. The van der Waals surface area contributed by atoms with E-state index in [-0.39, 0.29) is 0 Å². The van der Waals surface area contributed by atoms with Crippen molar-refractivity contribution in [3.8, 4) is 0 Å². The number of nitrogens with one attached hydrogen (secondary N) is 3. The van der Waals surface area contributed by atoms with Gasteiger partial charge in [-0.05, 0) is 60.2 Å². The molecule has 0 rings (SSSR count). The Balaban J connectivity index is 3.68. The topological polar surface area (TPSA) is 36.1 Å². The van der Waals surface area contributed by atoms with Crippen LogP contribution in [0.3, 0.4) is 0 Å². The van der Waals surface area contributed by atoms with Crippen molar-refractivity contribution >= 4 is 0 Å². The van der Waals surface area contributed by atoms with Gasteiger partial charge in [0.15, 0.2) is 0 Å². The van der Waals surface area contributed by atoms with E-state index < -0.39 is 0 Å². The highest BCUT2D eigenvalue weighted by atomic mass is 14.9. The highest BCUT2D eigenvalue weighted by Crippen LogP contribution is 2.12. The molecule has 0 heterocycles. The monoisotopic (exact) mass is 271 g/mol. The summed E-state index contributed by atoms with van der Waals surface area (Å²) in [6, 6.07) is 2.06. The van der Waals surface area contributed by atoms with Crippen LogP contribution in [0.1, 0.15) is 65.2 Å². The molecule has 0 fully saturated rings. The van der Waals surface area contributed by atoms with E-state index >= 15 is 0 Å². The molecule has 0 aromatic carbocycles. The average molecular weight is 271 g/mol. The minimum Gasteiger partial charge on any atom is -0.317 e. The van der Waals surface area contributed by atoms with E-state index in [1.807, 2.05) is 7.05 Å². The zero-order valence-corrected chi connectivity index (χ0v) is 13.9. The predicted octanol–water partition coefficient (Wildman–Crippen LogP) is 2.91. The van der Waals surface area contributed by atoms with Crippen molar-refractivity contribution < 1.29 is 0 Å². The van der Waals surface area contributed by atoms with Gasteiger partial charge in [0, 0.05) is 18.1 Å². The predicted molar refractivity (Wildman–Crippen MR) is 86.8 cm³/mol. The molecule has 3 unspecified atom stereocenters. The van der Waals surface area contributed by atoms with Crippen molar-refractivity contribution in [2.75, 3.05) is 21.1 Å². The van der Waals surface area contributed by atoms with Gasteiger partial charge in [0.05, 0.1) is 0 Å². The maximum absolute atomic E-state index is 3.48. The first kappa shape index (κ1) is 18.9. The van der Waals surface area contributed by atoms with Crippen LogP contribution in [0.15, 0.2) is 0 Å². The zero-order valence-electron chi connectivity index (χ0n) is 13.9. The van der Waals surface area contributed by atoms with Gasteiger partial charge in [0.1, 0.15) is 0 Å². The molecule has 0 aliphatic rings. The summed E-state index contributed by atoms with van der Waals surface area (Å²) in [4.78, 5) is 0. The first-order chi connectivity index (χ1) is 9.17. The van der Waals surface area contributed by atoms with Gasteiger partial charge < -0.3 is 16.0 Å². The Morgan fingerprint density at radius 1 is 0.684 bits per heavy atom. The summed E-state index contributed by atoms with van der Waals surface area (Å²) in [5.41, 5.74) is 0. The van der Waals surface area contributed by atoms with E-state index in [2.05, 4.69) is 43.9 Å². The molecule has 0 radical (unpaired) electrons. The van der Waals surface area contributed by atoms with Crippen molar-refractivity contribution in [1.29, 1.82) is 0 Å². The normalized spacial score (nSPS) is 16.3. The molecule has 3 N–H and O–H groups in total. The van der Waals surface area contributed by atoms with E-state index in [1.165, 1.54) is 51.4 Å². The number of hydrogen-bond acceptors (Lipinski definition) is 3. The van der Waals surface area contributed by atoms with Gasteiger partial charge >= 0.3 is 0 Å². The average Bonchev–Trinajstić information content (AvgIpc) is 2.44. The van der Waals surface area contributed by atoms with Crippen LogP contribution in [0.4, 0.5) is 0 Å². The lowest BCUT2D eigenvalue weighted by molar-refractivity contribution is 0.401. The summed E-state index contributed by atoms with van der Waals surface area (Å²) in [5.74, 6) is 0. The molecule has 116 valence electrons. The second-order valence-electron chi connectivity index (χ2n) is 5.81. The van der Waals surface area contributed by atoms with Gasteiger partial charge in [-0.1, -0.05) is 26.2 Å². The fourth-order valence-electron chi connectivity index (χ4n) is 2.64. The highest BCUT2D eigenvalue weighted by Gasteiger charge is 2.09. The summed E-state index contributed by atoms with van der Waals surface area (Å²) in [6.45, 7) is 4.53. The van der Waals surface area contributed by atoms with E-state index in [0.717, 1.165) is 0 Å². The third kappa shape index (κ3) is 10.3. The summed E-state index contributed by atoms with van der Waals surface area (Å²) < 4.78 is 0. The fraction of sp³-hybridized carbons (Fsp3) is 1.00. The SMILES string of the molecule is CCCC(CCCC(CCCC(C)NC)NC)NC. The van der Waals surface area contributed by atoms with Crippen LogP contribution in [0.5, 0.6) is 0 Å². The molecule has 0 saturated heterocycles. The molecule has 0 aliphatic heterocycles. The van der Waals surface area contributed by atoms with Gasteiger partial charge in [-0.2, -0.15) is 0 Å². The van der Waals surface area contributed by atoms with E-state index in [9.17, 15) is 0 Å². The van der Waals surface area contributed by atoms with Crippen LogP contribution < -0.4 is 16.0 Å². The standard InChI is InChI=1S/C16H37N3/c1-6-9-15(18-4)12-8-13-16(19-5)11-7-10-14(2)17-3/h14-19H,6-13H2,1-5H3. The molecule has 3 nitrogen and oxygen atoms in total. The van der Waals surface area contributed by atoms with Crippen LogP contribution in [0, 0.1) is 0 Å². The third-order valence-electron chi connectivity index (χ3n) is 4.24. The molecule has 0 spiro atoms. The summed E-state index contributed by atoms with van der Waals surface area (Å²) in [5, 5.41) is 10.2. The van der Waals surface area contributed by atoms with Crippen molar-refractivity contribution in [2.45, 2.75) is 83.3 Å². The Labute approximate surface area is 121 Å². The van der Waals surface area contributed by atoms with Gasteiger partial charge in [0.25, 0.3) is 0 Å². The molecule has 0 amide bonds. The molecule has 0 aromatic rings. The van der Waals surface area contributed by atoms with Gasteiger partial charge in [-0.15, -0.1) is 0 Å². The Kier molecular flexibility index (Phi) is 12.8. The molecule has 3 atom stereocenters. The summed E-state index contributed by atoms with van der Waals surface area (Å²) >= 11 is 0. The Morgan fingerprint density at radius 2 is 1.16 bits per heavy atom. The number of rotatable bonds is 13. The van der Waals surface area contributed by atoms with Gasteiger partial charge in [-0.3, -0.25) is 0 Å². The quantitative estimate of drug-likeness (QED) is 0.482. The van der Waals surface area contributed by atoms with Crippen LogP contribution >= 0.6 is 0 Å². The minimum absolute atomic E-state index is 0.649. The van der Waals surface area contributed by atoms with Gasteiger partial charge in [-0.25, -0.2) is 0 Å². The first-order valence-electron chi connectivity index (χ1n) is 8.19. The molecule has 0 bridgehead atoms. The maximum atomic E-state index is 3.48. The minimum atomic E-state index is 0.649. The lowest BCUT2D eigenvalue weighted by atomic mass is 9.98. The van der Waals surface area contributed by atoms with Crippen LogP contribution in [0.2, 0.25) is 0 Å². The van der Waals surface area contributed by atoms with Crippen molar-refractivity contribution in [1.82, 2.24) is 16.0 Å². The van der Waals surface area contributed by atoms with E-state index in [4.69, 9.17) is 0 Å². The van der Waals surface area contributed by atoms with E-state index in [1.54, 1.807) is 0 Å². The van der Waals surface area contributed by atoms with Gasteiger partial charge in [0.2, 0.25) is 0 Å². The fourth-order valence-corrected chi connectivity index (χ4v) is 2.64. The Morgan fingerprint density at radius 3 is 1.58 bits per heavy atom. The third-order valence-corrected chi connectivity index (χ3v) is 4.24. The summed E-state index contributed by atoms with van der Waals surface area (Å²) in [7, 11) is 6.24. The largest absolute Gasteiger partial charge is 0.317 e. The molecule has 3 heteroatoms. The Bertz CT molecular complexity index is 185.